The minimum atomic E-state index is -0.236. The Labute approximate surface area is 112 Å². The number of anilines is 1. The zero-order valence-electron chi connectivity index (χ0n) is 10.9. The molecule has 0 aliphatic rings. The number of benzene rings is 2. The van der Waals surface area contributed by atoms with Gasteiger partial charge in [-0.05, 0) is 22.9 Å². The monoisotopic (exact) mass is 258 g/mol. The molecule has 0 radical (unpaired) electrons. The van der Waals surface area contributed by atoms with Crippen LogP contribution in [0.3, 0.4) is 0 Å². The van der Waals surface area contributed by atoms with Gasteiger partial charge in [-0.3, -0.25) is 4.79 Å². The first-order valence-electron chi connectivity index (χ1n) is 6.24. The van der Waals surface area contributed by atoms with E-state index in [0.29, 0.717) is 6.54 Å². The summed E-state index contributed by atoms with van der Waals surface area (Å²) in [5.41, 5.74) is 6.28. The molecular weight excluding hydrogens is 240 g/mol. The molecule has 0 aliphatic heterocycles. The zero-order chi connectivity index (χ0) is 13.7. The van der Waals surface area contributed by atoms with Crippen molar-refractivity contribution in [3.8, 4) is 0 Å². The Bertz CT molecular complexity index is 565. The van der Waals surface area contributed by atoms with E-state index in [9.17, 15) is 4.79 Å². The Kier molecular flexibility index (Phi) is 4.49. The van der Waals surface area contributed by atoms with Gasteiger partial charge < -0.3 is 15.8 Å². The molecule has 19 heavy (non-hydrogen) atoms. The summed E-state index contributed by atoms with van der Waals surface area (Å²) in [5, 5.41) is 5.11. The minimum Gasteiger partial charge on any atom is -0.380 e. The van der Waals surface area contributed by atoms with Crippen LogP contribution in [0, 0.1) is 0 Å². The van der Waals surface area contributed by atoms with E-state index >= 15 is 0 Å². The molecule has 4 nitrogen and oxygen atoms in total. The van der Waals surface area contributed by atoms with Crippen molar-refractivity contribution >= 4 is 22.4 Å². The summed E-state index contributed by atoms with van der Waals surface area (Å²) < 4.78 is 5.09. The highest BCUT2D eigenvalue weighted by Gasteiger charge is 2.11. The van der Waals surface area contributed by atoms with Crippen LogP contribution in [0.2, 0.25) is 0 Å². The number of fused-ring (bicyclic) bond motifs is 1. The maximum Gasteiger partial charge on any atom is 0.227 e. The number of hydrogen-bond acceptors (Lipinski definition) is 3. The van der Waals surface area contributed by atoms with E-state index in [1.807, 2.05) is 42.5 Å². The predicted octanol–water partition coefficient (Wildman–Crippen LogP) is 2.14. The fraction of sp³-hybridized carbons (Fsp3) is 0.267. The number of carbonyl (C=O) groups excluding carboxylic acids is 1. The lowest BCUT2D eigenvalue weighted by Gasteiger charge is -2.12. The van der Waals surface area contributed by atoms with Crippen molar-refractivity contribution in [3.63, 3.8) is 0 Å². The second-order valence-corrected chi connectivity index (χ2v) is 4.41. The molecule has 0 saturated carbocycles. The molecule has 0 aliphatic carbocycles. The maximum absolute atomic E-state index is 11.8. The lowest BCUT2D eigenvalue weighted by Crippen LogP contribution is -2.28. The number of ether oxygens (including phenoxy) is 1. The third-order valence-corrected chi connectivity index (χ3v) is 3.04. The van der Waals surface area contributed by atoms with Gasteiger partial charge in [0, 0.05) is 19.3 Å². The predicted molar refractivity (Wildman–Crippen MR) is 77.0 cm³/mol. The fourth-order valence-electron chi connectivity index (χ4n) is 1.95. The van der Waals surface area contributed by atoms with Gasteiger partial charge in [0.2, 0.25) is 5.91 Å². The van der Waals surface area contributed by atoms with E-state index in [-0.39, 0.29) is 18.4 Å². The summed E-state index contributed by atoms with van der Waals surface area (Å²) in [6.45, 7) is 0.335. The average molecular weight is 258 g/mol. The molecule has 2 aromatic carbocycles. The molecule has 1 atom stereocenters. The normalized spacial score (nSPS) is 12.3. The van der Waals surface area contributed by atoms with E-state index in [1.54, 1.807) is 7.11 Å². The van der Waals surface area contributed by atoms with Crippen molar-refractivity contribution < 1.29 is 9.53 Å². The van der Waals surface area contributed by atoms with E-state index in [4.69, 9.17) is 10.5 Å². The Hall–Kier alpha value is -1.91. The van der Waals surface area contributed by atoms with Crippen molar-refractivity contribution in [3.05, 3.63) is 42.5 Å². The second kappa shape index (κ2) is 6.31. The number of carbonyl (C=O) groups is 1. The van der Waals surface area contributed by atoms with E-state index in [0.717, 1.165) is 16.5 Å². The second-order valence-electron chi connectivity index (χ2n) is 4.41. The van der Waals surface area contributed by atoms with Crippen molar-refractivity contribution in [2.24, 2.45) is 5.73 Å². The molecule has 4 heteroatoms. The van der Waals surface area contributed by atoms with Crippen molar-refractivity contribution in [1.82, 2.24) is 0 Å². The molecule has 0 spiro atoms. The highest BCUT2D eigenvalue weighted by atomic mass is 16.5. The molecule has 0 heterocycles. The van der Waals surface area contributed by atoms with Crippen LogP contribution >= 0.6 is 0 Å². The number of nitrogens with one attached hydrogen (secondary N) is 1. The Balaban J connectivity index is 2.06. The third-order valence-electron chi connectivity index (χ3n) is 3.04. The van der Waals surface area contributed by atoms with E-state index in [1.165, 1.54) is 0 Å². The Morgan fingerprint density at radius 3 is 2.68 bits per heavy atom. The van der Waals surface area contributed by atoms with Gasteiger partial charge in [0.05, 0.1) is 12.5 Å². The first kappa shape index (κ1) is 13.5. The van der Waals surface area contributed by atoms with Crippen LogP contribution < -0.4 is 11.1 Å². The molecule has 0 aromatic heterocycles. The average Bonchev–Trinajstić information content (AvgIpc) is 2.44. The lowest BCUT2D eigenvalue weighted by atomic mass is 10.1. The van der Waals surface area contributed by atoms with Gasteiger partial charge in [-0.25, -0.2) is 0 Å². The van der Waals surface area contributed by atoms with Gasteiger partial charge in [0.1, 0.15) is 0 Å². The van der Waals surface area contributed by atoms with E-state index < -0.39 is 0 Å². The summed E-state index contributed by atoms with van der Waals surface area (Å²) >= 11 is 0. The standard InChI is InChI=1S/C15H18N2O2/c1-19-14(10-16)9-15(18)17-13-7-6-11-4-2-3-5-12(11)8-13/h2-8,14H,9-10,16H2,1H3,(H,17,18). The van der Waals surface area contributed by atoms with Crippen LogP contribution in [0.5, 0.6) is 0 Å². The molecule has 0 fully saturated rings. The van der Waals surface area contributed by atoms with E-state index in [2.05, 4.69) is 5.32 Å². The number of amides is 1. The maximum atomic E-state index is 11.8. The molecule has 3 N–H and O–H groups in total. The summed E-state index contributed by atoms with van der Waals surface area (Å²) in [4.78, 5) is 11.8. The summed E-state index contributed by atoms with van der Waals surface area (Å²) in [6, 6.07) is 13.9. The van der Waals surface area contributed by atoms with Crippen molar-refractivity contribution in [2.75, 3.05) is 19.0 Å². The van der Waals surface area contributed by atoms with Crippen molar-refractivity contribution in [2.45, 2.75) is 12.5 Å². The fourth-order valence-corrected chi connectivity index (χ4v) is 1.95. The van der Waals surface area contributed by atoms with Gasteiger partial charge in [-0.15, -0.1) is 0 Å². The smallest absolute Gasteiger partial charge is 0.227 e. The Morgan fingerprint density at radius 1 is 1.26 bits per heavy atom. The highest BCUT2D eigenvalue weighted by molar-refractivity contribution is 5.94. The number of hydrogen-bond donors (Lipinski definition) is 2. The lowest BCUT2D eigenvalue weighted by molar-refractivity contribution is -0.118. The van der Waals surface area contributed by atoms with Crippen LogP contribution in [0.4, 0.5) is 5.69 Å². The van der Waals surface area contributed by atoms with Gasteiger partial charge in [-0.1, -0.05) is 30.3 Å². The van der Waals surface area contributed by atoms with Crippen molar-refractivity contribution in [1.29, 1.82) is 0 Å². The van der Waals surface area contributed by atoms with Crippen LogP contribution in [0.25, 0.3) is 10.8 Å². The largest absolute Gasteiger partial charge is 0.380 e. The Morgan fingerprint density at radius 2 is 2.00 bits per heavy atom. The summed E-state index contributed by atoms with van der Waals surface area (Å²) in [5.74, 6) is -0.0902. The molecule has 1 amide bonds. The quantitative estimate of drug-likeness (QED) is 0.863. The minimum absolute atomic E-state index is 0.0902. The summed E-state index contributed by atoms with van der Waals surface area (Å²) in [7, 11) is 1.56. The molecule has 0 bridgehead atoms. The van der Waals surface area contributed by atoms with Gasteiger partial charge in [0.15, 0.2) is 0 Å². The molecule has 0 saturated heterocycles. The van der Waals surface area contributed by atoms with Crippen LogP contribution in [0.1, 0.15) is 6.42 Å². The first-order chi connectivity index (χ1) is 9.22. The highest BCUT2D eigenvalue weighted by Crippen LogP contribution is 2.19. The molecule has 2 aromatic rings. The first-order valence-corrected chi connectivity index (χ1v) is 6.24. The molecule has 1 unspecified atom stereocenters. The topological polar surface area (TPSA) is 64.3 Å². The van der Waals surface area contributed by atoms with Crippen LogP contribution in [0.15, 0.2) is 42.5 Å². The van der Waals surface area contributed by atoms with Gasteiger partial charge >= 0.3 is 0 Å². The number of rotatable bonds is 5. The number of methoxy groups -OCH3 is 1. The van der Waals surface area contributed by atoms with Crippen LogP contribution in [-0.4, -0.2) is 25.7 Å². The summed E-state index contributed by atoms with van der Waals surface area (Å²) in [6.07, 6.45) is 0.0280. The molecule has 100 valence electrons. The zero-order valence-corrected chi connectivity index (χ0v) is 10.9. The number of nitrogens with two attached hydrogens (primary N) is 1. The van der Waals surface area contributed by atoms with Gasteiger partial charge in [-0.2, -0.15) is 0 Å². The molecule has 2 rings (SSSR count). The van der Waals surface area contributed by atoms with Gasteiger partial charge in [0.25, 0.3) is 0 Å². The third kappa shape index (κ3) is 3.53. The molecular formula is C15H18N2O2. The SMILES string of the molecule is COC(CN)CC(=O)Nc1ccc2ccccc2c1. The van der Waals surface area contributed by atoms with Crippen LogP contribution in [-0.2, 0) is 9.53 Å².